The number of hydrogen-bond acceptors (Lipinski definition) is 6. The molecule has 0 bridgehead atoms. The smallest absolute Gasteiger partial charge is 0.339 e. The number of benzene rings is 1. The third-order valence-electron chi connectivity index (χ3n) is 4.33. The second kappa shape index (κ2) is 10.2. The van der Waals surface area contributed by atoms with Gasteiger partial charge < -0.3 is 19.5 Å². The van der Waals surface area contributed by atoms with Crippen molar-refractivity contribution in [2.45, 2.75) is 51.7 Å². The minimum absolute atomic E-state index is 0.0733. The van der Waals surface area contributed by atoms with Crippen LogP contribution < -0.4 is 20.1 Å². The number of ether oxygens (including phenoxy) is 3. The van der Waals surface area contributed by atoms with Gasteiger partial charge >= 0.3 is 12.0 Å². The van der Waals surface area contributed by atoms with E-state index < -0.39 is 24.0 Å². The third-order valence-corrected chi connectivity index (χ3v) is 4.61. The minimum atomic E-state index is -1.17. The van der Waals surface area contributed by atoms with Gasteiger partial charge in [0.1, 0.15) is 0 Å². The fourth-order valence-corrected chi connectivity index (χ4v) is 3.17. The molecule has 1 aliphatic rings. The summed E-state index contributed by atoms with van der Waals surface area (Å²) < 4.78 is 15.7. The SMILES string of the molecule is CCOc1c(Cl)cc(C(=O)O[C@H](C)C(=O)NC(=O)NC2CCCC2)cc1OC. The lowest BCUT2D eigenvalue weighted by Gasteiger charge is -2.16. The van der Waals surface area contributed by atoms with Gasteiger partial charge in [-0.1, -0.05) is 24.4 Å². The van der Waals surface area contributed by atoms with E-state index in [1.165, 1.54) is 26.2 Å². The van der Waals surface area contributed by atoms with Crippen LogP contribution in [0.15, 0.2) is 12.1 Å². The van der Waals surface area contributed by atoms with E-state index in [4.69, 9.17) is 25.8 Å². The Morgan fingerprint density at radius 3 is 2.54 bits per heavy atom. The van der Waals surface area contributed by atoms with Crippen molar-refractivity contribution in [1.29, 1.82) is 0 Å². The van der Waals surface area contributed by atoms with Gasteiger partial charge in [-0.15, -0.1) is 0 Å². The number of hydrogen-bond donors (Lipinski definition) is 2. The highest BCUT2D eigenvalue weighted by Gasteiger charge is 2.24. The molecule has 1 saturated carbocycles. The standard InChI is InChI=1S/C19H25ClN2O6/c1-4-27-16-14(20)9-12(10-15(16)26-3)18(24)28-11(2)17(23)22-19(25)21-13-7-5-6-8-13/h9-11,13H,4-8H2,1-3H3,(H2,21,22,23,25)/t11-/m1/s1. The van der Waals surface area contributed by atoms with Gasteiger partial charge in [-0.25, -0.2) is 9.59 Å². The molecule has 2 rings (SSSR count). The Labute approximate surface area is 168 Å². The molecule has 0 radical (unpaired) electrons. The Balaban J connectivity index is 1.96. The van der Waals surface area contributed by atoms with Crippen LogP contribution in [-0.4, -0.2) is 43.8 Å². The number of carbonyl (C=O) groups excluding carboxylic acids is 3. The summed E-state index contributed by atoms with van der Waals surface area (Å²) in [6.45, 7) is 3.55. The first-order valence-corrected chi connectivity index (χ1v) is 9.56. The molecule has 0 heterocycles. The van der Waals surface area contributed by atoms with Gasteiger partial charge in [-0.05, 0) is 38.8 Å². The maximum atomic E-state index is 12.4. The van der Waals surface area contributed by atoms with E-state index >= 15 is 0 Å². The molecule has 1 aromatic rings. The molecule has 0 saturated heterocycles. The number of amides is 3. The number of urea groups is 1. The molecule has 0 aromatic heterocycles. The summed E-state index contributed by atoms with van der Waals surface area (Å²) in [7, 11) is 1.42. The molecule has 1 atom stereocenters. The van der Waals surface area contributed by atoms with Crippen molar-refractivity contribution >= 4 is 29.5 Å². The van der Waals surface area contributed by atoms with Gasteiger partial charge in [-0.3, -0.25) is 10.1 Å². The van der Waals surface area contributed by atoms with Crippen LogP contribution in [0.1, 0.15) is 49.9 Å². The number of imide groups is 1. The largest absolute Gasteiger partial charge is 0.493 e. The quantitative estimate of drug-likeness (QED) is 0.667. The van der Waals surface area contributed by atoms with Gasteiger partial charge in [0.05, 0.1) is 24.3 Å². The van der Waals surface area contributed by atoms with Crippen molar-refractivity contribution in [3.8, 4) is 11.5 Å². The van der Waals surface area contributed by atoms with Gasteiger partial charge in [0.15, 0.2) is 17.6 Å². The zero-order chi connectivity index (χ0) is 20.7. The van der Waals surface area contributed by atoms with E-state index in [1.807, 2.05) is 0 Å². The Morgan fingerprint density at radius 1 is 1.25 bits per heavy atom. The number of halogens is 1. The minimum Gasteiger partial charge on any atom is -0.493 e. The average Bonchev–Trinajstić information content (AvgIpc) is 3.15. The van der Waals surface area contributed by atoms with Crippen LogP contribution >= 0.6 is 11.6 Å². The fourth-order valence-electron chi connectivity index (χ4n) is 2.91. The molecule has 3 amide bonds. The van der Waals surface area contributed by atoms with Crippen molar-refractivity contribution in [1.82, 2.24) is 10.6 Å². The average molecular weight is 413 g/mol. The predicted octanol–water partition coefficient (Wildman–Crippen LogP) is 3.06. The van der Waals surface area contributed by atoms with Crippen LogP contribution in [0.4, 0.5) is 4.79 Å². The topological polar surface area (TPSA) is 103 Å². The Morgan fingerprint density at radius 2 is 1.93 bits per heavy atom. The third kappa shape index (κ3) is 5.76. The van der Waals surface area contributed by atoms with Crippen LogP contribution in [0.3, 0.4) is 0 Å². The highest BCUT2D eigenvalue weighted by atomic mass is 35.5. The first-order valence-electron chi connectivity index (χ1n) is 9.18. The molecule has 0 aliphatic heterocycles. The number of methoxy groups -OCH3 is 1. The van der Waals surface area contributed by atoms with Crippen molar-refractivity contribution in [3.05, 3.63) is 22.7 Å². The van der Waals surface area contributed by atoms with Gasteiger partial charge in [-0.2, -0.15) is 0 Å². The lowest BCUT2D eigenvalue weighted by Crippen LogP contribution is -2.47. The molecule has 1 aromatic carbocycles. The highest BCUT2D eigenvalue weighted by molar-refractivity contribution is 6.32. The zero-order valence-corrected chi connectivity index (χ0v) is 16.9. The van der Waals surface area contributed by atoms with Gasteiger partial charge in [0, 0.05) is 6.04 Å². The lowest BCUT2D eigenvalue weighted by atomic mass is 10.2. The second-order valence-electron chi connectivity index (χ2n) is 6.41. The Bertz CT molecular complexity index is 733. The maximum Gasteiger partial charge on any atom is 0.339 e. The molecule has 2 N–H and O–H groups in total. The van der Waals surface area contributed by atoms with E-state index in [2.05, 4.69) is 10.6 Å². The molecule has 0 unspecified atom stereocenters. The highest BCUT2D eigenvalue weighted by Crippen LogP contribution is 2.36. The maximum absolute atomic E-state index is 12.4. The van der Waals surface area contributed by atoms with Crippen LogP contribution in [-0.2, 0) is 9.53 Å². The first-order chi connectivity index (χ1) is 13.3. The second-order valence-corrected chi connectivity index (χ2v) is 6.82. The van der Waals surface area contributed by atoms with Crippen molar-refractivity contribution in [2.75, 3.05) is 13.7 Å². The molecule has 8 nitrogen and oxygen atoms in total. The van der Waals surface area contributed by atoms with E-state index in [1.54, 1.807) is 6.92 Å². The summed E-state index contributed by atoms with van der Waals surface area (Å²) in [5, 5.41) is 5.10. The summed E-state index contributed by atoms with van der Waals surface area (Å²) in [4.78, 5) is 36.3. The van der Waals surface area contributed by atoms with Crippen molar-refractivity contribution in [2.24, 2.45) is 0 Å². The fraction of sp³-hybridized carbons (Fsp3) is 0.526. The Kier molecular flexibility index (Phi) is 7.92. The molecule has 154 valence electrons. The van der Waals surface area contributed by atoms with Crippen LogP contribution in [0.5, 0.6) is 11.5 Å². The summed E-state index contributed by atoms with van der Waals surface area (Å²) in [5.41, 5.74) is 0.0976. The number of nitrogens with one attached hydrogen (secondary N) is 2. The summed E-state index contributed by atoms with van der Waals surface area (Å²) in [5.74, 6) is -0.901. The van der Waals surface area contributed by atoms with E-state index in [0.717, 1.165) is 25.7 Å². The number of esters is 1. The lowest BCUT2D eigenvalue weighted by molar-refractivity contribution is -0.127. The number of carbonyl (C=O) groups is 3. The molecule has 0 spiro atoms. The Hall–Kier alpha value is -2.48. The van der Waals surface area contributed by atoms with Crippen LogP contribution in [0, 0.1) is 0 Å². The van der Waals surface area contributed by atoms with Gasteiger partial charge in [0.25, 0.3) is 5.91 Å². The summed E-state index contributed by atoms with van der Waals surface area (Å²) in [6, 6.07) is 2.26. The molecule has 1 aliphatic carbocycles. The van der Waals surface area contributed by atoms with Crippen LogP contribution in [0.25, 0.3) is 0 Å². The van der Waals surface area contributed by atoms with Crippen molar-refractivity contribution in [3.63, 3.8) is 0 Å². The normalized spacial score (nSPS) is 14.9. The monoisotopic (exact) mass is 412 g/mol. The van der Waals surface area contributed by atoms with E-state index in [0.29, 0.717) is 12.4 Å². The molecular weight excluding hydrogens is 388 g/mol. The predicted molar refractivity (Wildman–Crippen MR) is 103 cm³/mol. The van der Waals surface area contributed by atoms with Gasteiger partial charge in [0.2, 0.25) is 0 Å². The van der Waals surface area contributed by atoms with E-state index in [9.17, 15) is 14.4 Å². The van der Waals surface area contributed by atoms with Crippen molar-refractivity contribution < 1.29 is 28.6 Å². The zero-order valence-electron chi connectivity index (χ0n) is 16.2. The van der Waals surface area contributed by atoms with Crippen LogP contribution in [0.2, 0.25) is 5.02 Å². The number of rotatable bonds is 7. The molecular formula is C19H25ClN2O6. The van der Waals surface area contributed by atoms with E-state index in [-0.39, 0.29) is 22.4 Å². The summed E-state index contributed by atoms with van der Waals surface area (Å²) in [6.07, 6.45) is 2.74. The molecule has 9 heteroatoms. The molecule has 1 fully saturated rings. The first kappa shape index (κ1) is 21.8. The molecule has 28 heavy (non-hydrogen) atoms. The summed E-state index contributed by atoms with van der Waals surface area (Å²) >= 11 is 6.14.